The zero-order valence-electron chi connectivity index (χ0n) is 8.91. The molecule has 0 saturated heterocycles. The molecule has 0 atom stereocenters. The first-order valence-corrected chi connectivity index (χ1v) is 4.98. The molecule has 0 spiro atoms. The molecule has 86 valence electrons. The zero-order valence-corrected chi connectivity index (χ0v) is 8.91. The van der Waals surface area contributed by atoms with E-state index < -0.39 is 4.92 Å². The number of anilines is 1. The molecule has 0 saturated carbocycles. The van der Waals surface area contributed by atoms with Crippen LogP contribution in [0.15, 0.2) is 43.0 Å². The topological polar surface area (TPSA) is 81.0 Å². The Kier molecular flexibility index (Phi) is 3.25. The second kappa shape index (κ2) is 5.02. The minimum absolute atomic E-state index is 0.0263. The number of hydrogen-bond donors (Lipinski definition) is 1. The SMILES string of the molecule is O=[N+]([O-])c1cnccc1NCc1ccncc1. The molecule has 0 aromatic carbocycles. The Balaban J connectivity index is 2.12. The van der Waals surface area contributed by atoms with E-state index in [4.69, 9.17) is 0 Å². The first kappa shape index (κ1) is 11.0. The second-order valence-electron chi connectivity index (χ2n) is 3.36. The van der Waals surface area contributed by atoms with E-state index in [1.54, 1.807) is 18.5 Å². The molecule has 0 unspecified atom stereocenters. The Labute approximate surface area is 97.5 Å². The third-order valence-corrected chi connectivity index (χ3v) is 2.23. The van der Waals surface area contributed by atoms with Gasteiger partial charge in [-0.3, -0.25) is 20.1 Å². The van der Waals surface area contributed by atoms with Crippen LogP contribution in [0.4, 0.5) is 11.4 Å². The van der Waals surface area contributed by atoms with Crippen LogP contribution in [0.1, 0.15) is 5.56 Å². The molecule has 17 heavy (non-hydrogen) atoms. The number of aromatic nitrogens is 2. The lowest BCUT2D eigenvalue weighted by Gasteiger charge is -2.06. The van der Waals surface area contributed by atoms with Crippen molar-refractivity contribution in [2.75, 3.05) is 5.32 Å². The zero-order chi connectivity index (χ0) is 12.1. The first-order valence-electron chi connectivity index (χ1n) is 4.98. The molecule has 6 nitrogen and oxygen atoms in total. The fraction of sp³-hybridized carbons (Fsp3) is 0.0909. The van der Waals surface area contributed by atoms with E-state index in [9.17, 15) is 10.1 Å². The largest absolute Gasteiger partial charge is 0.375 e. The number of nitrogens with zero attached hydrogens (tertiary/aromatic N) is 3. The quantitative estimate of drug-likeness (QED) is 0.641. The lowest BCUT2D eigenvalue weighted by Crippen LogP contribution is -2.02. The molecule has 0 radical (unpaired) electrons. The van der Waals surface area contributed by atoms with Crippen LogP contribution in [0.2, 0.25) is 0 Å². The molecule has 0 aliphatic carbocycles. The predicted molar refractivity (Wildman–Crippen MR) is 62.5 cm³/mol. The molecule has 6 heteroatoms. The molecule has 1 N–H and O–H groups in total. The second-order valence-corrected chi connectivity index (χ2v) is 3.36. The van der Waals surface area contributed by atoms with Gasteiger partial charge in [-0.25, -0.2) is 0 Å². The van der Waals surface area contributed by atoms with Crippen LogP contribution in [0.25, 0.3) is 0 Å². The van der Waals surface area contributed by atoms with E-state index in [1.807, 2.05) is 12.1 Å². The monoisotopic (exact) mass is 230 g/mol. The smallest absolute Gasteiger partial charge is 0.310 e. The van der Waals surface area contributed by atoms with E-state index in [0.29, 0.717) is 12.2 Å². The van der Waals surface area contributed by atoms with Gasteiger partial charge in [-0.15, -0.1) is 0 Å². The highest BCUT2D eigenvalue weighted by Gasteiger charge is 2.12. The summed E-state index contributed by atoms with van der Waals surface area (Å²) >= 11 is 0. The van der Waals surface area contributed by atoms with E-state index in [-0.39, 0.29) is 5.69 Å². The van der Waals surface area contributed by atoms with Crippen molar-refractivity contribution in [3.8, 4) is 0 Å². The molecule has 0 aliphatic heterocycles. The van der Waals surface area contributed by atoms with Gasteiger partial charge >= 0.3 is 5.69 Å². The molecule has 2 aromatic rings. The van der Waals surface area contributed by atoms with Gasteiger partial charge in [-0.2, -0.15) is 0 Å². The van der Waals surface area contributed by atoms with Crippen molar-refractivity contribution in [1.29, 1.82) is 0 Å². The predicted octanol–water partition coefficient (Wildman–Crippen LogP) is 2.00. The number of pyridine rings is 2. The summed E-state index contributed by atoms with van der Waals surface area (Å²) in [5, 5.41) is 13.8. The summed E-state index contributed by atoms with van der Waals surface area (Å²) in [5.41, 5.74) is 1.44. The summed E-state index contributed by atoms with van der Waals surface area (Å²) in [7, 11) is 0. The Morgan fingerprint density at radius 3 is 2.59 bits per heavy atom. The van der Waals surface area contributed by atoms with Crippen molar-refractivity contribution in [3.05, 3.63) is 58.7 Å². The third-order valence-electron chi connectivity index (χ3n) is 2.23. The fourth-order valence-electron chi connectivity index (χ4n) is 1.38. The van der Waals surface area contributed by atoms with Crippen molar-refractivity contribution in [3.63, 3.8) is 0 Å². The Bertz CT molecular complexity index is 516. The molecular formula is C11H10N4O2. The molecular weight excluding hydrogens is 220 g/mol. The molecule has 2 rings (SSSR count). The Hall–Kier alpha value is -2.50. The maximum absolute atomic E-state index is 10.7. The van der Waals surface area contributed by atoms with Crippen LogP contribution in [0.5, 0.6) is 0 Å². The minimum atomic E-state index is -0.456. The van der Waals surface area contributed by atoms with E-state index in [0.717, 1.165) is 5.56 Å². The summed E-state index contributed by atoms with van der Waals surface area (Å²) in [6.07, 6.45) is 6.10. The normalized spacial score (nSPS) is 9.88. The van der Waals surface area contributed by atoms with Gasteiger partial charge in [0.2, 0.25) is 0 Å². The van der Waals surface area contributed by atoms with Crippen molar-refractivity contribution < 1.29 is 4.92 Å². The van der Waals surface area contributed by atoms with Gasteiger partial charge in [-0.05, 0) is 23.8 Å². The van der Waals surface area contributed by atoms with Gasteiger partial charge in [0.15, 0.2) is 0 Å². The lowest BCUT2D eigenvalue weighted by molar-refractivity contribution is -0.384. The third kappa shape index (κ3) is 2.75. The minimum Gasteiger partial charge on any atom is -0.375 e. The van der Waals surface area contributed by atoms with Crippen LogP contribution in [0, 0.1) is 10.1 Å². The highest BCUT2D eigenvalue weighted by Crippen LogP contribution is 2.22. The highest BCUT2D eigenvalue weighted by atomic mass is 16.6. The number of nitro groups is 1. The first-order chi connectivity index (χ1) is 8.27. The van der Waals surface area contributed by atoms with Crippen molar-refractivity contribution in [2.45, 2.75) is 6.54 Å². The van der Waals surface area contributed by atoms with Crippen LogP contribution in [-0.4, -0.2) is 14.9 Å². The van der Waals surface area contributed by atoms with Gasteiger partial charge in [0.1, 0.15) is 11.9 Å². The average molecular weight is 230 g/mol. The van der Waals surface area contributed by atoms with Crippen LogP contribution >= 0.6 is 0 Å². The standard InChI is InChI=1S/C11H10N4O2/c16-15(17)11-8-13-6-3-10(11)14-7-9-1-4-12-5-2-9/h1-6,8H,7H2,(H,13,14). The van der Waals surface area contributed by atoms with Crippen molar-refractivity contribution in [2.24, 2.45) is 0 Å². The van der Waals surface area contributed by atoms with Gasteiger partial charge in [0, 0.05) is 25.1 Å². The van der Waals surface area contributed by atoms with Gasteiger partial charge < -0.3 is 5.32 Å². The summed E-state index contributed by atoms with van der Waals surface area (Å²) in [5.74, 6) is 0. The highest BCUT2D eigenvalue weighted by molar-refractivity contribution is 5.59. The maximum Gasteiger partial charge on any atom is 0.310 e. The fourth-order valence-corrected chi connectivity index (χ4v) is 1.38. The van der Waals surface area contributed by atoms with Crippen LogP contribution in [0.3, 0.4) is 0 Å². The molecule has 0 bridgehead atoms. The summed E-state index contributed by atoms with van der Waals surface area (Å²) in [6.45, 7) is 0.507. The summed E-state index contributed by atoms with van der Waals surface area (Å²) in [4.78, 5) is 17.9. The number of nitrogens with one attached hydrogen (secondary N) is 1. The van der Waals surface area contributed by atoms with Crippen LogP contribution < -0.4 is 5.32 Å². The maximum atomic E-state index is 10.7. The Morgan fingerprint density at radius 2 is 1.88 bits per heavy atom. The average Bonchev–Trinajstić information content (AvgIpc) is 2.38. The molecule has 2 aromatic heterocycles. The number of rotatable bonds is 4. The number of hydrogen-bond acceptors (Lipinski definition) is 5. The van der Waals surface area contributed by atoms with Gasteiger partial charge in [-0.1, -0.05) is 0 Å². The Morgan fingerprint density at radius 1 is 1.18 bits per heavy atom. The lowest BCUT2D eigenvalue weighted by atomic mass is 10.2. The molecule has 2 heterocycles. The van der Waals surface area contributed by atoms with Crippen molar-refractivity contribution >= 4 is 11.4 Å². The van der Waals surface area contributed by atoms with E-state index >= 15 is 0 Å². The van der Waals surface area contributed by atoms with E-state index in [2.05, 4.69) is 15.3 Å². The molecule has 0 amide bonds. The molecule has 0 fully saturated rings. The van der Waals surface area contributed by atoms with Crippen LogP contribution in [-0.2, 0) is 6.54 Å². The van der Waals surface area contributed by atoms with E-state index in [1.165, 1.54) is 12.4 Å². The van der Waals surface area contributed by atoms with Crippen molar-refractivity contribution in [1.82, 2.24) is 9.97 Å². The summed E-state index contributed by atoms with van der Waals surface area (Å²) < 4.78 is 0. The summed E-state index contributed by atoms with van der Waals surface area (Å²) in [6, 6.07) is 5.28. The van der Waals surface area contributed by atoms with Gasteiger partial charge in [0.05, 0.1) is 4.92 Å². The van der Waals surface area contributed by atoms with Gasteiger partial charge in [0.25, 0.3) is 0 Å². The molecule has 0 aliphatic rings.